The van der Waals surface area contributed by atoms with Gasteiger partial charge in [0.2, 0.25) is 0 Å². The van der Waals surface area contributed by atoms with Crippen LogP contribution in [0.5, 0.6) is 5.75 Å². The van der Waals surface area contributed by atoms with Gasteiger partial charge in [-0.1, -0.05) is 6.07 Å². The van der Waals surface area contributed by atoms with Gasteiger partial charge in [-0.05, 0) is 18.2 Å². The molecule has 120 valence electrons. The molecule has 0 radical (unpaired) electrons. The second kappa shape index (κ2) is 7.53. The second-order valence-electron chi connectivity index (χ2n) is 5.56. The lowest BCUT2D eigenvalue weighted by Gasteiger charge is -2.34. The minimum absolute atomic E-state index is 0.400. The largest absolute Gasteiger partial charge is 0.492 e. The van der Waals surface area contributed by atoms with Crippen molar-refractivity contribution in [1.82, 2.24) is 14.7 Å². The number of ether oxygens (including phenoxy) is 1. The maximum Gasteiger partial charge on any atom is 0.120 e. The maximum absolute atomic E-state index is 8.93. The smallest absolute Gasteiger partial charge is 0.120 e. The molecule has 1 unspecified atom stereocenters. The van der Waals surface area contributed by atoms with Crippen molar-refractivity contribution in [1.29, 1.82) is 5.26 Å². The first-order valence-corrected chi connectivity index (χ1v) is 8.85. The number of nitrogens with zero attached hydrogens (tertiary/aromatic N) is 4. The number of hydrogen-bond acceptors (Lipinski definition) is 5. The van der Waals surface area contributed by atoms with Crippen molar-refractivity contribution in [2.45, 2.75) is 6.04 Å². The Kier molecular flexibility index (Phi) is 5.21. The van der Waals surface area contributed by atoms with E-state index in [4.69, 9.17) is 10.00 Å². The Morgan fingerprint density at radius 1 is 1.48 bits per heavy atom. The summed E-state index contributed by atoms with van der Waals surface area (Å²) in [7, 11) is 1.95. The summed E-state index contributed by atoms with van der Waals surface area (Å²) in [6.07, 6.45) is 4.06. The standard InChI is InChI=1S/C17H20N4OS/c1-20-12-15(11-19-20)17-13-23-8-6-21(17)5-7-22-16-4-2-3-14(9-16)10-18/h2-4,9,11-12,17H,5-8,13H2,1H3. The summed E-state index contributed by atoms with van der Waals surface area (Å²) in [5.74, 6) is 3.00. The third-order valence-electron chi connectivity index (χ3n) is 3.96. The van der Waals surface area contributed by atoms with Gasteiger partial charge in [0.15, 0.2) is 0 Å². The molecular formula is C17H20N4OS. The fourth-order valence-electron chi connectivity index (χ4n) is 2.76. The Hall–Kier alpha value is -1.97. The van der Waals surface area contributed by atoms with Crippen LogP contribution in [0, 0.1) is 11.3 Å². The molecule has 3 rings (SSSR count). The van der Waals surface area contributed by atoms with Crippen LogP contribution < -0.4 is 4.74 Å². The fraction of sp³-hybridized carbons (Fsp3) is 0.412. The number of nitriles is 1. The molecule has 0 aliphatic carbocycles. The van der Waals surface area contributed by atoms with Gasteiger partial charge in [0.1, 0.15) is 12.4 Å². The first-order chi connectivity index (χ1) is 11.3. The minimum atomic E-state index is 0.400. The Morgan fingerprint density at radius 3 is 3.17 bits per heavy atom. The number of hydrogen-bond donors (Lipinski definition) is 0. The van der Waals surface area contributed by atoms with Gasteiger partial charge >= 0.3 is 0 Å². The lowest BCUT2D eigenvalue weighted by atomic mass is 10.1. The van der Waals surface area contributed by atoms with E-state index in [-0.39, 0.29) is 0 Å². The van der Waals surface area contributed by atoms with Crippen molar-refractivity contribution in [3.8, 4) is 11.8 Å². The summed E-state index contributed by atoms with van der Waals surface area (Å²) in [6, 6.07) is 9.85. The molecule has 1 aliphatic heterocycles. The van der Waals surface area contributed by atoms with Gasteiger partial charge in [-0.2, -0.15) is 22.1 Å². The number of rotatable bonds is 5. The molecule has 0 spiro atoms. The molecule has 1 atom stereocenters. The van der Waals surface area contributed by atoms with Crippen LogP contribution in [0.3, 0.4) is 0 Å². The van der Waals surface area contributed by atoms with Crippen LogP contribution in [0.1, 0.15) is 17.2 Å². The van der Waals surface area contributed by atoms with Crippen LogP contribution in [-0.4, -0.2) is 45.9 Å². The minimum Gasteiger partial charge on any atom is -0.492 e. The van der Waals surface area contributed by atoms with Gasteiger partial charge < -0.3 is 4.74 Å². The Labute approximate surface area is 140 Å². The maximum atomic E-state index is 8.93. The van der Waals surface area contributed by atoms with Crippen molar-refractivity contribution in [3.63, 3.8) is 0 Å². The zero-order valence-corrected chi connectivity index (χ0v) is 14.0. The molecule has 1 aromatic carbocycles. The van der Waals surface area contributed by atoms with E-state index in [1.54, 1.807) is 12.1 Å². The van der Waals surface area contributed by atoms with Crippen LogP contribution in [0.2, 0.25) is 0 Å². The highest BCUT2D eigenvalue weighted by atomic mass is 32.2. The van der Waals surface area contributed by atoms with E-state index in [1.165, 1.54) is 5.56 Å². The zero-order valence-electron chi connectivity index (χ0n) is 13.2. The van der Waals surface area contributed by atoms with Crippen molar-refractivity contribution >= 4 is 11.8 Å². The number of thioether (sulfide) groups is 1. The van der Waals surface area contributed by atoms with Crippen LogP contribution in [0.15, 0.2) is 36.7 Å². The molecular weight excluding hydrogens is 308 g/mol. The van der Waals surface area contributed by atoms with E-state index in [9.17, 15) is 0 Å². The van der Waals surface area contributed by atoms with E-state index < -0.39 is 0 Å². The van der Waals surface area contributed by atoms with E-state index in [0.717, 1.165) is 30.3 Å². The highest BCUT2D eigenvalue weighted by Crippen LogP contribution is 2.28. The van der Waals surface area contributed by atoms with Gasteiger partial charge in [0.05, 0.1) is 17.8 Å². The normalized spacial score (nSPS) is 18.5. The molecule has 5 nitrogen and oxygen atoms in total. The Balaban J connectivity index is 1.58. The second-order valence-corrected chi connectivity index (χ2v) is 6.71. The molecule has 6 heteroatoms. The first-order valence-electron chi connectivity index (χ1n) is 7.69. The van der Waals surface area contributed by atoms with Crippen molar-refractivity contribution in [2.75, 3.05) is 31.2 Å². The third kappa shape index (κ3) is 4.06. The molecule has 0 amide bonds. The molecule has 0 bridgehead atoms. The molecule has 2 heterocycles. The quantitative estimate of drug-likeness (QED) is 0.844. The Morgan fingerprint density at radius 2 is 2.39 bits per heavy atom. The monoisotopic (exact) mass is 328 g/mol. The Bertz CT molecular complexity index is 694. The van der Waals surface area contributed by atoms with Gasteiger partial charge in [-0.3, -0.25) is 9.58 Å². The predicted octanol–water partition coefficient (Wildman–Crippen LogP) is 2.46. The topological polar surface area (TPSA) is 54.1 Å². The highest BCUT2D eigenvalue weighted by Gasteiger charge is 2.25. The van der Waals surface area contributed by atoms with Crippen molar-refractivity contribution < 1.29 is 4.74 Å². The summed E-state index contributed by atoms with van der Waals surface area (Å²) in [5, 5.41) is 13.2. The van der Waals surface area contributed by atoms with Crippen LogP contribution in [0.4, 0.5) is 0 Å². The molecule has 2 aromatic rings. The van der Waals surface area contributed by atoms with E-state index >= 15 is 0 Å². The average Bonchev–Trinajstić information content (AvgIpc) is 3.02. The number of aromatic nitrogens is 2. The predicted molar refractivity (Wildman–Crippen MR) is 91.5 cm³/mol. The lowest BCUT2D eigenvalue weighted by molar-refractivity contribution is 0.175. The molecule has 0 N–H and O–H groups in total. The molecule has 1 aliphatic rings. The summed E-state index contributed by atoms with van der Waals surface area (Å²) in [4.78, 5) is 2.46. The van der Waals surface area contributed by atoms with E-state index in [1.807, 2.05) is 41.8 Å². The van der Waals surface area contributed by atoms with Gasteiger partial charge in [-0.15, -0.1) is 0 Å². The van der Waals surface area contributed by atoms with Crippen molar-refractivity contribution in [3.05, 3.63) is 47.8 Å². The zero-order chi connectivity index (χ0) is 16.1. The van der Waals surface area contributed by atoms with Gasteiger partial charge in [0, 0.05) is 49.4 Å². The van der Waals surface area contributed by atoms with Crippen molar-refractivity contribution in [2.24, 2.45) is 7.05 Å². The first kappa shape index (κ1) is 15.9. The molecule has 1 saturated heterocycles. The fourth-order valence-corrected chi connectivity index (χ4v) is 3.92. The lowest BCUT2D eigenvalue weighted by Crippen LogP contribution is -2.38. The van der Waals surface area contributed by atoms with Crippen LogP contribution in [0.25, 0.3) is 0 Å². The average molecular weight is 328 g/mol. The molecule has 1 fully saturated rings. The van der Waals surface area contributed by atoms with Crippen LogP contribution >= 0.6 is 11.8 Å². The third-order valence-corrected chi connectivity index (χ3v) is 4.98. The van der Waals surface area contributed by atoms with E-state index in [2.05, 4.69) is 22.3 Å². The molecule has 23 heavy (non-hydrogen) atoms. The molecule has 1 aromatic heterocycles. The SMILES string of the molecule is Cn1cc(C2CSCCN2CCOc2cccc(C#N)c2)cn1. The van der Waals surface area contributed by atoms with E-state index in [0.29, 0.717) is 18.2 Å². The number of aryl methyl sites for hydroxylation is 1. The van der Waals surface area contributed by atoms with Crippen LogP contribution in [-0.2, 0) is 7.05 Å². The number of benzene rings is 1. The van der Waals surface area contributed by atoms with Gasteiger partial charge in [-0.25, -0.2) is 0 Å². The highest BCUT2D eigenvalue weighted by molar-refractivity contribution is 7.99. The summed E-state index contributed by atoms with van der Waals surface area (Å²) < 4.78 is 7.68. The van der Waals surface area contributed by atoms with Gasteiger partial charge in [0.25, 0.3) is 0 Å². The molecule has 0 saturated carbocycles. The summed E-state index contributed by atoms with van der Waals surface area (Å²) in [5.41, 5.74) is 1.90. The summed E-state index contributed by atoms with van der Waals surface area (Å²) >= 11 is 1.99. The summed E-state index contributed by atoms with van der Waals surface area (Å²) in [6.45, 7) is 2.55.